The van der Waals surface area contributed by atoms with Gasteiger partial charge in [-0.2, -0.15) is 0 Å². The highest BCUT2D eigenvalue weighted by atomic mass is 16.1. The quantitative estimate of drug-likeness (QED) is 0.711. The van der Waals surface area contributed by atoms with Crippen LogP contribution in [0.2, 0.25) is 0 Å². The summed E-state index contributed by atoms with van der Waals surface area (Å²) in [6.07, 6.45) is 1.64. The zero-order valence-electron chi connectivity index (χ0n) is 16.9. The second-order valence-electron chi connectivity index (χ2n) is 7.71. The van der Waals surface area contributed by atoms with E-state index in [0.29, 0.717) is 0 Å². The first-order chi connectivity index (χ1) is 14.1. The smallest absolute Gasteiger partial charge is 0.227 e. The van der Waals surface area contributed by atoms with E-state index in [1.54, 1.807) is 0 Å². The molecule has 5 nitrogen and oxygen atoms in total. The number of anilines is 2. The van der Waals surface area contributed by atoms with Gasteiger partial charge in [-0.1, -0.05) is 36.4 Å². The van der Waals surface area contributed by atoms with Gasteiger partial charge in [0.1, 0.15) is 0 Å². The summed E-state index contributed by atoms with van der Waals surface area (Å²) >= 11 is 0. The molecule has 148 valence electrons. The molecule has 1 N–H and O–H groups in total. The van der Waals surface area contributed by atoms with Crippen LogP contribution in [-0.2, 0) is 4.79 Å². The number of aromatic nitrogens is 2. The van der Waals surface area contributed by atoms with Gasteiger partial charge in [0.15, 0.2) is 5.82 Å². The number of nitrogens with one attached hydrogen (secondary N) is 1. The average molecular weight is 386 g/mol. The minimum Gasteiger partial charge on any atom is -0.355 e. The molecule has 1 aliphatic rings. The van der Waals surface area contributed by atoms with E-state index >= 15 is 0 Å². The molecule has 0 aliphatic carbocycles. The van der Waals surface area contributed by atoms with Gasteiger partial charge in [-0.3, -0.25) is 4.79 Å². The number of aryl methyl sites for hydroxylation is 2. The summed E-state index contributed by atoms with van der Waals surface area (Å²) in [4.78, 5) is 14.8. The molecule has 0 spiro atoms. The summed E-state index contributed by atoms with van der Waals surface area (Å²) in [5.74, 6) is 1.02. The Hall–Kier alpha value is -3.21. The number of piperidine rings is 1. The second kappa shape index (κ2) is 8.43. The Balaban J connectivity index is 1.36. The van der Waals surface area contributed by atoms with Crippen LogP contribution in [0.5, 0.6) is 0 Å². The predicted molar refractivity (Wildman–Crippen MR) is 117 cm³/mol. The second-order valence-corrected chi connectivity index (χ2v) is 7.71. The van der Waals surface area contributed by atoms with Crippen molar-refractivity contribution in [2.75, 3.05) is 23.3 Å². The minimum absolute atomic E-state index is 0.0333. The molecule has 1 aliphatic heterocycles. The van der Waals surface area contributed by atoms with Crippen LogP contribution in [0.1, 0.15) is 24.0 Å². The van der Waals surface area contributed by atoms with Gasteiger partial charge >= 0.3 is 0 Å². The molecule has 0 radical (unpaired) electrons. The summed E-state index contributed by atoms with van der Waals surface area (Å²) in [7, 11) is 0. The molecule has 3 aromatic rings. The summed E-state index contributed by atoms with van der Waals surface area (Å²) in [5, 5.41) is 11.9. The van der Waals surface area contributed by atoms with E-state index in [-0.39, 0.29) is 11.8 Å². The first kappa shape index (κ1) is 19.1. The number of benzene rings is 2. The van der Waals surface area contributed by atoms with Gasteiger partial charge < -0.3 is 10.2 Å². The summed E-state index contributed by atoms with van der Waals surface area (Å²) < 4.78 is 0. The van der Waals surface area contributed by atoms with Crippen LogP contribution >= 0.6 is 0 Å². The molecule has 2 aromatic carbocycles. The van der Waals surface area contributed by atoms with E-state index in [1.165, 1.54) is 5.56 Å². The number of rotatable bonds is 4. The lowest BCUT2D eigenvalue weighted by Gasteiger charge is -2.31. The third-order valence-electron chi connectivity index (χ3n) is 5.55. The van der Waals surface area contributed by atoms with Gasteiger partial charge in [-0.15, -0.1) is 10.2 Å². The van der Waals surface area contributed by atoms with E-state index < -0.39 is 0 Å². The SMILES string of the molecule is Cc1cccc(NC(=O)C2CCN(c3ccc(-c4ccccc4C)nn3)CC2)c1. The van der Waals surface area contributed by atoms with Crippen molar-refractivity contribution in [3.8, 4) is 11.3 Å². The van der Waals surface area contributed by atoms with E-state index in [9.17, 15) is 4.79 Å². The van der Waals surface area contributed by atoms with Gasteiger partial charge in [0.2, 0.25) is 5.91 Å². The molecular formula is C24H26N4O. The van der Waals surface area contributed by atoms with Crippen molar-refractivity contribution in [1.82, 2.24) is 10.2 Å². The maximum Gasteiger partial charge on any atom is 0.227 e. The third-order valence-corrected chi connectivity index (χ3v) is 5.55. The Morgan fingerprint density at radius 3 is 2.45 bits per heavy atom. The van der Waals surface area contributed by atoms with Gasteiger partial charge in [0.25, 0.3) is 0 Å². The Morgan fingerprint density at radius 1 is 0.966 bits per heavy atom. The first-order valence-electron chi connectivity index (χ1n) is 10.1. The third kappa shape index (κ3) is 4.45. The van der Waals surface area contributed by atoms with E-state index in [4.69, 9.17) is 0 Å². The Kier molecular flexibility index (Phi) is 5.56. The highest BCUT2D eigenvalue weighted by molar-refractivity contribution is 5.92. The van der Waals surface area contributed by atoms with Crippen molar-refractivity contribution >= 4 is 17.4 Å². The molecule has 2 heterocycles. The van der Waals surface area contributed by atoms with Crippen LogP contribution < -0.4 is 10.2 Å². The van der Waals surface area contributed by atoms with Crippen molar-refractivity contribution in [1.29, 1.82) is 0 Å². The normalized spacial score (nSPS) is 14.6. The fourth-order valence-electron chi connectivity index (χ4n) is 3.84. The van der Waals surface area contributed by atoms with Gasteiger partial charge in [-0.25, -0.2) is 0 Å². The molecule has 1 amide bonds. The van der Waals surface area contributed by atoms with Crippen molar-refractivity contribution in [2.24, 2.45) is 5.92 Å². The number of carbonyl (C=O) groups excluding carboxylic acids is 1. The van der Waals surface area contributed by atoms with Gasteiger partial charge in [0, 0.05) is 30.3 Å². The fraction of sp³-hybridized carbons (Fsp3) is 0.292. The van der Waals surface area contributed by atoms with Gasteiger partial charge in [0.05, 0.1) is 5.69 Å². The standard InChI is InChI=1S/C24H26N4O/c1-17-6-5-8-20(16-17)25-24(29)19-12-14-28(15-13-19)23-11-10-22(26-27-23)21-9-4-3-7-18(21)2/h3-11,16,19H,12-15H2,1-2H3,(H,25,29). The van der Waals surface area contributed by atoms with Crippen LogP contribution in [0.15, 0.2) is 60.7 Å². The number of hydrogen-bond acceptors (Lipinski definition) is 4. The van der Waals surface area contributed by atoms with E-state index in [0.717, 1.165) is 54.3 Å². The molecular weight excluding hydrogens is 360 g/mol. The Morgan fingerprint density at radius 2 is 1.76 bits per heavy atom. The highest BCUT2D eigenvalue weighted by Crippen LogP contribution is 2.25. The summed E-state index contributed by atoms with van der Waals surface area (Å²) in [6.45, 7) is 5.73. The average Bonchev–Trinajstić information content (AvgIpc) is 2.74. The Labute approximate surface area is 171 Å². The zero-order valence-corrected chi connectivity index (χ0v) is 16.9. The molecule has 1 fully saturated rings. The fourth-order valence-corrected chi connectivity index (χ4v) is 3.84. The monoisotopic (exact) mass is 386 g/mol. The molecule has 0 atom stereocenters. The Bertz CT molecular complexity index is 992. The predicted octanol–water partition coefficient (Wildman–Crippen LogP) is 4.62. The zero-order chi connectivity index (χ0) is 20.2. The molecule has 0 saturated carbocycles. The van der Waals surface area contributed by atoms with Crippen LogP contribution in [0.3, 0.4) is 0 Å². The van der Waals surface area contributed by atoms with Crippen molar-refractivity contribution < 1.29 is 4.79 Å². The van der Waals surface area contributed by atoms with Crippen LogP contribution in [0.25, 0.3) is 11.3 Å². The molecule has 29 heavy (non-hydrogen) atoms. The van der Waals surface area contributed by atoms with Crippen LogP contribution in [0, 0.1) is 19.8 Å². The number of hydrogen-bond donors (Lipinski definition) is 1. The molecule has 4 rings (SSSR count). The molecule has 1 saturated heterocycles. The number of nitrogens with zero attached hydrogens (tertiary/aromatic N) is 3. The summed E-state index contributed by atoms with van der Waals surface area (Å²) in [5.41, 5.74) is 5.20. The highest BCUT2D eigenvalue weighted by Gasteiger charge is 2.26. The number of carbonyl (C=O) groups is 1. The van der Waals surface area contributed by atoms with Crippen molar-refractivity contribution in [3.63, 3.8) is 0 Å². The topological polar surface area (TPSA) is 58.1 Å². The molecule has 0 unspecified atom stereocenters. The van der Waals surface area contributed by atoms with Crippen LogP contribution in [-0.4, -0.2) is 29.2 Å². The summed E-state index contributed by atoms with van der Waals surface area (Å²) in [6, 6.07) is 20.2. The lowest BCUT2D eigenvalue weighted by molar-refractivity contribution is -0.120. The molecule has 0 bridgehead atoms. The lowest BCUT2D eigenvalue weighted by atomic mass is 9.95. The van der Waals surface area contributed by atoms with E-state index in [1.807, 2.05) is 55.5 Å². The largest absolute Gasteiger partial charge is 0.355 e. The molecule has 5 heteroatoms. The van der Waals surface area contributed by atoms with Crippen LogP contribution in [0.4, 0.5) is 11.5 Å². The van der Waals surface area contributed by atoms with Gasteiger partial charge in [-0.05, 0) is 62.1 Å². The molecule has 1 aromatic heterocycles. The lowest BCUT2D eigenvalue weighted by Crippen LogP contribution is -2.38. The maximum absolute atomic E-state index is 12.6. The maximum atomic E-state index is 12.6. The van der Waals surface area contributed by atoms with Crippen molar-refractivity contribution in [3.05, 3.63) is 71.8 Å². The number of amides is 1. The van der Waals surface area contributed by atoms with E-state index in [2.05, 4.69) is 39.5 Å². The first-order valence-corrected chi connectivity index (χ1v) is 10.1. The minimum atomic E-state index is 0.0333. The van der Waals surface area contributed by atoms with Crippen molar-refractivity contribution in [2.45, 2.75) is 26.7 Å².